The number of nitrogens with one attached hydrogen (secondary N) is 1. The smallest absolute Gasteiger partial charge is 0.431 e. The molecule has 0 spiro atoms. The summed E-state index contributed by atoms with van der Waals surface area (Å²) < 4.78 is 9.34. The molecule has 21 heavy (non-hydrogen) atoms. The fourth-order valence-electron chi connectivity index (χ4n) is 1.72. The third-order valence-electron chi connectivity index (χ3n) is 2.61. The van der Waals surface area contributed by atoms with Crippen LogP contribution in [-0.4, -0.2) is 24.4 Å². The molecule has 0 bridgehead atoms. The molecule has 1 unspecified atom stereocenters. The third-order valence-corrected chi connectivity index (χ3v) is 2.61. The second kappa shape index (κ2) is 6.69. The molecule has 0 saturated carbocycles. The molecule has 0 radical (unpaired) electrons. The van der Waals surface area contributed by atoms with Gasteiger partial charge in [-0.1, -0.05) is 30.3 Å². The summed E-state index contributed by atoms with van der Waals surface area (Å²) in [5.41, 5.74) is 1.05. The van der Waals surface area contributed by atoms with Crippen LogP contribution in [0.15, 0.2) is 47.1 Å². The number of benzene rings is 1. The number of carbonyl (C=O) groups excluding carboxylic acids is 2. The summed E-state index contributed by atoms with van der Waals surface area (Å²) in [4.78, 5) is 27.4. The Balaban J connectivity index is 1.98. The fourth-order valence-corrected chi connectivity index (χ4v) is 1.72. The van der Waals surface area contributed by atoms with E-state index in [1.165, 1.54) is 12.3 Å². The number of hydrogen-bond acceptors (Lipinski definition) is 6. The van der Waals surface area contributed by atoms with E-state index < -0.39 is 12.1 Å². The van der Waals surface area contributed by atoms with Gasteiger partial charge in [0, 0.05) is 6.21 Å². The second-order valence-electron chi connectivity index (χ2n) is 4.64. The number of hydrogen-bond donors (Lipinski definition) is 1. The molecule has 1 aliphatic rings. The molecule has 0 saturated heterocycles. The average Bonchev–Trinajstić information content (AvgIpc) is 2.47. The molecule has 0 fully saturated rings. The summed E-state index contributed by atoms with van der Waals surface area (Å²) >= 11 is 0. The lowest BCUT2D eigenvalue weighted by atomic mass is 10.1. The number of allylic oxidation sites excluding steroid dienone is 1. The van der Waals surface area contributed by atoms with Gasteiger partial charge in [-0.3, -0.25) is 4.99 Å². The van der Waals surface area contributed by atoms with Crippen LogP contribution in [0.5, 0.6) is 0 Å². The van der Waals surface area contributed by atoms with Gasteiger partial charge in [-0.2, -0.15) is 0 Å². The van der Waals surface area contributed by atoms with Crippen LogP contribution in [0.25, 0.3) is 0 Å². The largest absolute Gasteiger partial charge is 0.516 e. The summed E-state index contributed by atoms with van der Waals surface area (Å²) in [5, 5.41) is 2.91. The highest BCUT2D eigenvalue weighted by Gasteiger charge is 2.22. The molecule has 1 aliphatic heterocycles. The number of carbonyl (C=O) groups is 2. The first-order chi connectivity index (χ1) is 10.1. The highest BCUT2D eigenvalue weighted by Crippen LogP contribution is 2.18. The van der Waals surface area contributed by atoms with Crippen LogP contribution in [0.3, 0.4) is 0 Å². The van der Waals surface area contributed by atoms with Crippen LogP contribution in [0.1, 0.15) is 25.6 Å². The summed E-state index contributed by atoms with van der Waals surface area (Å²) in [6, 6.07) is 9.42. The van der Waals surface area contributed by atoms with Gasteiger partial charge in [0.25, 0.3) is 0 Å². The molecular weight excluding hydrogens is 272 g/mol. The molecule has 0 amide bonds. The van der Waals surface area contributed by atoms with Crippen molar-refractivity contribution in [2.24, 2.45) is 4.99 Å². The van der Waals surface area contributed by atoms with Crippen molar-refractivity contribution < 1.29 is 19.1 Å². The predicted molar refractivity (Wildman–Crippen MR) is 76.6 cm³/mol. The van der Waals surface area contributed by atoms with Gasteiger partial charge in [0.15, 0.2) is 0 Å². The van der Waals surface area contributed by atoms with Gasteiger partial charge in [-0.05, 0) is 25.5 Å². The Morgan fingerprint density at radius 1 is 1.24 bits per heavy atom. The molecular formula is C15H16N2O4. The van der Waals surface area contributed by atoms with Crippen LogP contribution < -0.4 is 5.32 Å². The lowest BCUT2D eigenvalue weighted by Crippen LogP contribution is -2.30. The topological polar surface area (TPSA) is 77.0 Å². The Morgan fingerprint density at radius 3 is 2.62 bits per heavy atom. The van der Waals surface area contributed by atoms with Gasteiger partial charge in [-0.25, -0.2) is 9.59 Å². The zero-order valence-corrected chi connectivity index (χ0v) is 11.8. The minimum Gasteiger partial charge on any atom is -0.431 e. The van der Waals surface area contributed by atoms with Crippen molar-refractivity contribution in [3.63, 3.8) is 0 Å². The SMILES string of the molecule is CC(C)OC(=O)OC(=O)C1=CC=NC(c2ccccc2)N1. The molecule has 6 nitrogen and oxygen atoms in total. The van der Waals surface area contributed by atoms with E-state index in [0.717, 1.165) is 5.56 Å². The Kier molecular flexibility index (Phi) is 4.71. The van der Waals surface area contributed by atoms with Crippen LogP contribution in [-0.2, 0) is 14.3 Å². The van der Waals surface area contributed by atoms with Gasteiger partial charge in [-0.15, -0.1) is 0 Å². The molecule has 6 heteroatoms. The van der Waals surface area contributed by atoms with E-state index in [1.54, 1.807) is 13.8 Å². The normalized spacial score (nSPS) is 16.9. The van der Waals surface area contributed by atoms with Crippen molar-refractivity contribution in [2.45, 2.75) is 26.1 Å². The van der Waals surface area contributed by atoms with Crippen molar-refractivity contribution in [1.82, 2.24) is 5.32 Å². The Hall–Kier alpha value is -2.63. The number of nitrogens with zero attached hydrogens (tertiary/aromatic N) is 1. The number of aliphatic imine (C=N–C) groups is 1. The van der Waals surface area contributed by atoms with Gasteiger partial charge < -0.3 is 14.8 Å². The highest BCUT2D eigenvalue weighted by atomic mass is 16.7. The maximum absolute atomic E-state index is 11.9. The van der Waals surface area contributed by atoms with Crippen LogP contribution >= 0.6 is 0 Å². The molecule has 0 aromatic heterocycles. The van der Waals surface area contributed by atoms with E-state index in [4.69, 9.17) is 4.74 Å². The van der Waals surface area contributed by atoms with Crippen molar-refractivity contribution in [1.29, 1.82) is 0 Å². The first-order valence-electron chi connectivity index (χ1n) is 6.54. The van der Waals surface area contributed by atoms with E-state index in [1.807, 2.05) is 30.3 Å². The quantitative estimate of drug-likeness (QED) is 0.682. The fraction of sp³-hybridized carbons (Fsp3) is 0.267. The van der Waals surface area contributed by atoms with Crippen LogP contribution in [0, 0.1) is 0 Å². The van der Waals surface area contributed by atoms with E-state index in [0.29, 0.717) is 0 Å². The van der Waals surface area contributed by atoms with Gasteiger partial charge in [0.2, 0.25) is 0 Å². The summed E-state index contributed by atoms with van der Waals surface area (Å²) in [6.45, 7) is 3.34. The van der Waals surface area contributed by atoms with Crippen LogP contribution in [0.4, 0.5) is 4.79 Å². The van der Waals surface area contributed by atoms with E-state index in [2.05, 4.69) is 15.0 Å². The molecule has 1 aromatic carbocycles. The highest BCUT2D eigenvalue weighted by molar-refractivity contribution is 5.98. The van der Waals surface area contributed by atoms with E-state index in [9.17, 15) is 9.59 Å². The number of esters is 1. The predicted octanol–water partition coefficient (Wildman–Crippen LogP) is 2.33. The van der Waals surface area contributed by atoms with Gasteiger partial charge in [0.05, 0.1) is 6.10 Å². The van der Waals surface area contributed by atoms with Crippen molar-refractivity contribution >= 4 is 18.3 Å². The molecule has 110 valence electrons. The molecule has 1 aromatic rings. The minimum absolute atomic E-state index is 0.152. The Labute approximate surface area is 122 Å². The first-order valence-corrected chi connectivity index (χ1v) is 6.54. The standard InChI is InChI=1S/C15H16N2O4/c1-10(2)20-15(19)21-14(18)12-8-9-16-13(17-12)11-6-4-3-5-7-11/h3-10,13,17H,1-2H3. The van der Waals surface area contributed by atoms with Crippen molar-refractivity contribution in [2.75, 3.05) is 0 Å². The number of ether oxygens (including phenoxy) is 2. The Morgan fingerprint density at radius 2 is 1.95 bits per heavy atom. The molecule has 0 aliphatic carbocycles. The van der Waals surface area contributed by atoms with E-state index >= 15 is 0 Å². The molecule has 1 N–H and O–H groups in total. The summed E-state index contributed by atoms with van der Waals surface area (Å²) in [6.07, 6.45) is 1.19. The lowest BCUT2D eigenvalue weighted by Gasteiger charge is -2.20. The zero-order chi connectivity index (χ0) is 15.2. The van der Waals surface area contributed by atoms with Gasteiger partial charge in [0.1, 0.15) is 11.9 Å². The first kappa shape index (κ1) is 14.8. The molecule has 1 atom stereocenters. The monoisotopic (exact) mass is 288 g/mol. The van der Waals surface area contributed by atoms with Crippen molar-refractivity contribution in [3.8, 4) is 0 Å². The molecule has 2 rings (SSSR count). The van der Waals surface area contributed by atoms with Crippen LogP contribution in [0.2, 0.25) is 0 Å². The zero-order valence-electron chi connectivity index (χ0n) is 11.8. The van der Waals surface area contributed by atoms with Gasteiger partial charge >= 0.3 is 12.1 Å². The summed E-state index contributed by atoms with van der Waals surface area (Å²) in [7, 11) is 0. The lowest BCUT2D eigenvalue weighted by molar-refractivity contribution is -0.136. The minimum atomic E-state index is -1.02. The van der Waals surface area contributed by atoms with Crippen molar-refractivity contribution in [3.05, 3.63) is 47.7 Å². The maximum Gasteiger partial charge on any atom is 0.516 e. The number of rotatable bonds is 3. The Bertz CT molecular complexity index is 579. The molecule has 1 heterocycles. The maximum atomic E-state index is 11.9. The average molecular weight is 288 g/mol. The third kappa shape index (κ3) is 4.17. The van der Waals surface area contributed by atoms with E-state index in [-0.39, 0.29) is 18.0 Å². The summed E-state index contributed by atoms with van der Waals surface area (Å²) in [5.74, 6) is -0.798. The second-order valence-corrected chi connectivity index (χ2v) is 4.64.